The number of benzene rings is 1. The van der Waals surface area contributed by atoms with Gasteiger partial charge < -0.3 is 9.72 Å². The maximum absolute atomic E-state index is 11.9. The molecule has 0 spiro atoms. The monoisotopic (exact) mass is 336 g/mol. The highest BCUT2D eigenvalue weighted by atomic mass is 16.6. The molecule has 1 amide bonds. The lowest BCUT2D eigenvalue weighted by Crippen LogP contribution is -2.20. The molecule has 0 unspecified atom stereocenters. The van der Waals surface area contributed by atoms with Gasteiger partial charge in [0.1, 0.15) is 5.65 Å². The lowest BCUT2D eigenvalue weighted by atomic mass is 10.2. The summed E-state index contributed by atoms with van der Waals surface area (Å²) in [5.41, 5.74) is 3.41. The topological polar surface area (TPSA) is 89.5 Å². The van der Waals surface area contributed by atoms with Crippen molar-refractivity contribution in [3.05, 3.63) is 81.8 Å². The molecule has 0 aliphatic rings. The van der Waals surface area contributed by atoms with Crippen LogP contribution in [0.1, 0.15) is 17.0 Å². The first kappa shape index (κ1) is 16.4. The van der Waals surface area contributed by atoms with Crippen molar-refractivity contribution in [2.75, 3.05) is 0 Å². The Hall–Kier alpha value is -3.48. The molecular formula is C18H16N4O3. The number of hydrogen-bond acceptors (Lipinski definition) is 4. The fourth-order valence-electron chi connectivity index (χ4n) is 2.40. The third-order valence-corrected chi connectivity index (χ3v) is 3.72. The molecule has 2 aromatic heterocycles. The van der Waals surface area contributed by atoms with E-state index in [0.29, 0.717) is 12.1 Å². The number of aromatic nitrogens is 2. The molecule has 7 heteroatoms. The highest BCUT2D eigenvalue weighted by Gasteiger charge is 2.05. The van der Waals surface area contributed by atoms with Gasteiger partial charge in [-0.15, -0.1) is 0 Å². The SMILES string of the molecule is Cc1cccc2nc(CNC(=O)C=Cc3ccc([N+](=O)[O-])cc3)cn12. The van der Waals surface area contributed by atoms with E-state index in [0.717, 1.165) is 17.0 Å². The van der Waals surface area contributed by atoms with E-state index >= 15 is 0 Å². The van der Waals surface area contributed by atoms with E-state index in [1.165, 1.54) is 18.2 Å². The molecule has 0 saturated heterocycles. The molecule has 2 heterocycles. The number of hydrogen-bond donors (Lipinski definition) is 1. The Balaban J connectivity index is 1.60. The Morgan fingerprint density at radius 1 is 1.28 bits per heavy atom. The van der Waals surface area contributed by atoms with Crippen molar-refractivity contribution in [3.63, 3.8) is 0 Å². The van der Waals surface area contributed by atoms with Crippen molar-refractivity contribution in [1.82, 2.24) is 14.7 Å². The molecule has 0 bridgehead atoms. The summed E-state index contributed by atoms with van der Waals surface area (Å²) in [6.45, 7) is 2.31. The second-order valence-electron chi connectivity index (χ2n) is 5.53. The molecule has 0 radical (unpaired) electrons. The highest BCUT2D eigenvalue weighted by molar-refractivity contribution is 5.91. The molecule has 0 aliphatic carbocycles. The van der Waals surface area contributed by atoms with Gasteiger partial charge in [-0.1, -0.05) is 6.07 Å². The second-order valence-corrected chi connectivity index (χ2v) is 5.53. The highest BCUT2D eigenvalue weighted by Crippen LogP contribution is 2.13. The Labute approximate surface area is 143 Å². The third kappa shape index (κ3) is 3.89. The van der Waals surface area contributed by atoms with Gasteiger partial charge in [0.05, 0.1) is 17.2 Å². The zero-order chi connectivity index (χ0) is 17.8. The van der Waals surface area contributed by atoms with Crippen LogP contribution >= 0.6 is 0 Å². The summed E-state index contributed by atoms with van der Waals surface area (Å²) < 4.78 is 1.97. The van der Waals surface area contributed by atoms with Crippen LogP contribution in [0.4, 0.5) is 5.69 Å². The van der Waals surface area contributed by atoms with Gasteiger partial charge in [-0.05, 0) is 42.8 Å². The lowest BCUT2D eigenvalue weighted by Gasteiger charge is -1.98. The minimum absolute atomic E-state index is 0.0174. The van der Waals surface area contributed by atoms with Gasteiger partial charge in [0.25, 0.3) is 5.69 Å². The number of nitro benzene ring substituents is 1. The van der Waals surface area contributed by atoms with Crippen molar-refractivity contribution in [1.29, 1.82) is 0 Å². The predicted octanol–water partition coefficient (Wildman–Crippen LogP) is 2.88. The van der Waals surface area contributed by atoms with Crippen LogP contribution in [0.2, 0.25) is 0 Å². The summed E-state index contributed by atoms with van der Waals surface area (Å²) in [6.07, 6.45) is 4.89. The normalized spacial score (nSPS) is 11.1. The van der Waals surface area contributed by atoms with Crippen LogP contribution in [0.5, 0.6) is 0 Å². The Bertz CT molecular complexity index is 958. The maximum atomic E-state index is 11.9. The largest absolute Gasteiger partial charge is 0.347 e. The number of nitrogens with one attached hydrogen (secondary N) is 1. The fraction of sp³-hybridized carbons (Fsp3) is 0.111. The molecule has 3 aromatic rings. The van der Waals surface area contributed by atoms with Crippen molar-refractivity contribution in [2.45, 2.75) is 13.5 Å². The number of pyridine rings is 1. The molecule has 3 rings (SSSR count). The number of imidazole rings is 1. The van der Waals surface area contributed by atoms with Crippen LogP contribution < -0.4 is 5.32 Å². The average molecular weight is 336 g/mol. The predicted molar refractivity (Wildman–Crippen MR) is 93.9 cm³/mol. The van der Waals surface area contributed by atoms with Crippen molar-refractivity contribution in [2.24, 2.45) is 0 Å². The summed E-state index contributed by atoms with van der Waals surface area (Å²) in [7, 11) is 0. The molecule has 0 atom stereocenters. The van der Waals surface area contributed by atoms with E-state index in [2.05, 4.69) is 10.3 Å². The van der Waals surface area contributed by atoms with Crippen molar-refractivity contribution < 1.29 is 9.72 Å². The summed E-state index contributed by atoms with van der Waals surface area (Å²) in [4.78, 5) is 26.5. The van der Waals surface area contributed by atoms with Crippen LogP contribution in [-0.4, -0.2) is 20.2 Å². The average Bonchev–Trinajstić information content (AvgIpc) is 3.03. The summed E-state index contributed by atoms with van der Waals surface area (Å²) in [6, 6.07) is 11.8. The Kier molecular flexibility index (Phi) is 4.56. The molecule has 0 aliphatic heterocycles. The number of nitro groups is 1. The number of aryl methyl sites for hydroxylation is 1. The van der Waals surface area contributed by atoms with Crippen LogP contribution in [0.15, 0.2) is 54.7 Å². The first-order valence-electron chi connectivity index (χ1n) is 7.67. The first-order chi connectivity index (χ1) is 12.0. The number of non-ortho nitro benzene ring substituents is 1. The Morgan fingerprint density at radius 3 is 2.72 bits per heavy atom. The van der Waals surface area contributed by atoms with Crippen molar-refractivity contribution >= 4 is 23.3 Å². The maximum Gasteiger partial charge on any atom is 0.269 e. The summed E-state index contributed by atoms with van der Waals surface area (Å²) >= 11 is 0. The smallest absolute Gasteiger partial charge is 0.269 e. The second kappa shape index (κ2) is 6.96. The molecule has 1 aromatic carbocycles. The van der Waals surface area contributed by atoms with Gasteiger partial charge in [-0.25, -0.2) is 4.98 Å². The first-order valence-corrected chi connectivity index (χ1v) is 7.67. The van der Waals surface area contributed by atoms with Gasteiger partial charge in [-0.2, -0.15) is 0 Å². The van der Waals surface area contributed by atoms with Gasteiger partial charge in [-0.3, -0.25) is 14.9 Å². The van der Waals surface area contributed by atoms with Gasteiger partial charge >= 0.3 is 0 Å². The van der Waals surface area contributed by atoms with Gasteiger partial charge in [0.2, 0.25) is 5.91 Å². The quantitative estimate of drug-likeness (QED) is 0.441. The van der Waals surface area contributed by atoms with Crippen LogP contribution in [0.3, 0.4) is 0 Å². The number of fused-ring (bicyclic) bond motifs is 1. The Morgan fingerprint density at radius 2 is 2.04 bits per heavy atom. The van der Waals surface area contributed by atoms with Crippen LogP contribution in [0, 0.1) is 17.0 Å². The van der Waals surface area contributed by atoms with E-state index < -0.39 is 4.92 Å². The zero-order valence-electron chi connectivity index (χ0n) is 13.5. The van der Waals surface area contributed by atoms with E-state index in [9.17, 15) is 14.9 Å². The van der Waals surface area contributed by atoms with E-state index in [1.54, 1.807) is 18.2 Å². The number of carbonyl (C=O) groups is 1. The summed E-state index contributed by atoms with van der Waals surface area (Å²) in [5, 5.41) is 13.4. The minimum Gasteiger partial charge on any atom is -0.347 e. The summed E-state index contributed by atoms with van der Waals surface area (Å²) in [5.74, 6) is -0.257. The third-order valence-electron chi connectivity index (χ3n) is 3.72. The molecule has 1 N–H and O–H groups in total. The lowest BCUT2D eigenvalue weighted by molar-refractivity contribution is -0.384. The number of nitrogens with zero attached hydrogens (tertiary/aromatic N) is 3. The van der Waals surface area contributed by atoms with E-state index in [4.69, 9.17) is 0 Å². The molecule has 0 fully saturated rings. The fourth-order valence-corrected chi connectivity index (χ4v) is 2.40. The molecule has 0 saturated carbocycles. The van der Waals surface area contributed by atoms with E-state index in [1.807, 2.05) is 35.7 Å². The molecule has 126 valence electrons. The number of amides is 1. The number of carbonyl (C=O) groups excluding carboxylic acids is 1. The van der Waals surface area contributed by atoms with Gasteiger partial charge in [0.15, 0.2) is 0 Å². The zero-order valence-corrected chi connectivity index (χ0v) is 13.5. The molecular weight excluding hydrogens is 320 g/mol. The molecule has 7 nitrogen and oxygen atoms in total. The van der Waals surface area contributed by atoms with E-state index in [-0.39, 0.29) is 11.6 Å². The molecule has 25 heavy (non-hydrogen) atoms. The number of rotatable bonds is 5. The van der Waals surface area contributed by atoms with Crippen LogP contribution in [0.25, 0.3) is 11.7 Å². The standard InChI is InChI=1S/C18H16N4O3/c1-13-3-2-4-17-20-15(12-21(13)17)11-19-18(23)10-7-14-5-8-16(9-6-14)22(24)25/h2-10,12H,11H2,1H3,(H,19,23). The minimum atomic E-state index is -0.462. The van der Waals surface area contributed by atoms with Gasteiger partial charge in [0, 0.05) is 30.1 Å². The van der Waals surface area contributed by atoms with Crippen LogP contribution in [-0.2, 0) is 11.3 Å². The van der Waals surface area contributed by atoms with Crippen molar-refractivity contribution in [3.8, 4) is 0 Å².